The fraction of sp³-hybridized carbons (Fsp3) is 0.370. The van der Waals surface area contributed by atoms with E-state index >= 15 is 0 Å². The molecule has 0 aromatic carbocycles. The number of anilines is 3. The molecule has 0 spiro atoms. The number of aliphatic hydroxyl groups excluding tert-OH is 1. The van der Waals surface area contributed by atoms with E-state index in [4.69, 9.17) is 0 Å². The Morgan fingerprint density at radius 3 is 2.65 bits per heavy atom. The van der Waals surface area contributed by atoms with E-state index in [0.29, 0.717) is 41.8 Å². The van der Waals surface area contributed by atoms with Crippen molar-refractivity contribution in [1.82, 2.24) is 33.9 Å². The topological polar surface area (TPSA) is 144 Å². The van der Waals surface area contributed by atoms with Gasteiger partial charge in [0.2, 0.25) is 0 Å². The zero-order chi connectivity index (χ0) is 27.9. The normalized spacial score (nSPS) is 16.2. The van der Waals surface area contributed by atoms with E-state index in [1.165, 1.54) is 12.4 Å². The molecule has 1 aliphatic carbocycles. The number of nitrogens with zero attached hydrogens (tertiary/aromatic N) is 8. The predicted octanol–water partition coefficient (Wildman–Crippen LogP) is 2.16. The van der Waals surface area contributed by atoms with Gasteiger partial charge in [0.15, 0.2) is 5.82 Å². The molecule has 2 N–H and O–H groups in total. The summed E-state index contributed by atoms with van der Waals surface area (Å²) in [6, 6.07) is 3.66. The van der Waals surface area contributed by atoms with Crippen molar-refractivity contribution in [3.63, 3.8) is 0 Å². The Kier molecular flexibility index (Phi) is 6.73. The largest absolute Gasteiger partial charge is 0.393 e. The van der Waals surface area contributed by atoms with Gasteiger partial charge < -0.3 is 15.3 Å². The molecule has 0 amide bonds. The average molecular weight is 560 g/mol. The number of aromatic nitrogens is 7. The first-order chi connectivity index (χ1) is 19.2. The molecule has 5 heterocycles. The van der Waals surface area contributed by atoms with Gasteiger partial charge in [0, 0.05) is 44.8 Å². The second-order valence-electron chi connectivity index (χ2n) is 10.3. The molecule has 13 heteroatoms. The molecule has 0 bridgehead atoms. The van der Waals surface area contributed by atoms with Gasteiger partial charge in [-0.05, 0) is 38.2 Å². The zero-order valence-electron chi connectivity index (χ0n) is 22.1. The summed E-state index contributed by atoms with van der Waals surface area (Å²) < 4.78 is 27.7. The SMILES string of the molecule is CC(O)CC1CN(c2cc(Nc3ccnc(-c4cnn(S(=O)(=O)C5CC5)c4)n3)ncc2C#Cc2cnn(C)c2)C1. The van der Waals surface area contributed by atoms with Gasteiger partial charge >= 0.3 is 0 Å². The Morgan fingerprint density at radius 2 is 1.93 bits per heavy atom. The minimum atomic E-state index is -3.47. The van der Waals surface area contributed by atoms with Gasteiger partial charge in [0.1, 0.15) is 11.6 Å². The third-order valence-electron chi connectivity index (χ3n) is 6.84. The highest BCUT2D eigenvalue weighted by atomic mass is 32.2. The van der Waals surface area contributed by atoms with Crippen LogP contribution < -0.4 is 10.2 Å². The average Bonchev–Trinajstić information content (AvgIpc) is 3.50. The van der Waals surface area contributed by atoms with E-state index in [9.17, 15) is 13.5 Å². The molecule has 4 aromatic rings. The lowest BCUT2D eigenvalue weighted by atomic mass is 9.92. The van der Waals surface area contributed by atoms with Crippen molar-refractivity contribution >= 4 is 27.3 Å². The predicted molar refractivity (Wildman–Crippen MR) is 149 cm³/mol. The van der Waals surface area contributed by atoms with Gasteiger partial charge in [-0.1, -0.05) is 11.8 Å². The minimum Gasteiger partial charge on any atom is -0.393 e. The standard InChI is InChI=1S/C27H29N9O3S/c1-18(37)9-20-15-35(16-20)24-10-26(29-12-21(24)4-3-19-11-30-34(2)14-19)32-25-7-8-28-27(33-25)22-13-31-36(17-22)40(38,39)23-5-6-23/h7-8,10-14,17-18,20,23,37H,5-6,9,15-16H2,1-2H3,(H,28,29,32,33). The van der Waals surface area contributed by atoms with Crippen molar-refractivity contribution in [3.05, 3.63) is 60.4 Å². The summed E-state index contributed by atoms with van der Waals surface area (Å²) in [6.07, 6.45) is 11.6. The van der Waals surface area contributed by atoms with Crippen molar-refractivity contribution < 1.29 is 13.5 Å². The van der Waals surface area contributed by atoms with E-state index in [-0.39, 0.29) is 11.4 Å². The van der Waals surface area contributed by atoms with Gasteiger partial charge in [0.25, 0.3) is 10.0 Å². The molecule has 1 atom stereocenters. The highest BCUT2D eigenvalue weighted by Crippen LogP contribution is 2.32. The van der Waals surface area contributed by atoms with E-state index in [1.807, 2.05) is 26.2 Å². The van der Waals surface area contributed by atoms with E-state index in [0.717, 1.165) is 40.4 Å². The van der Waals surface area contributed by atoms with Crippen LogP contribution in [0.2, 0.25) is 0 Å². The monoisotopic (exact) mass is 559 g/mol. The summed E-state index contributed by atoms with van der Waals surface area (Å²) in [5, 5.41) is 20.9. The fourth-order valence-corrected chi connectivity index (χ4v) is 6.15. The van der Waals surface area contributed by atoms with Crippen molar-refractivity contribution in [2.45, 2.75) is 37.5 Å². The smallest absolute Gasteiger partial charge is 0.256 e. The van der Waals surface area contributed by atoms with Crippen LogP contribution in [0.4, 0.5) is 17.3 Å². The lowest BCUT2D eigenvalue weighted by Crippen LogP contribution is -2.48. The maximum absolute atomic E-state index is 12.5. The Hall–Kier alpha value is -4.28. The third kappa shape index (κ3) is 5.54. The van der Waals surface area contributed by atoms with Crippen LogP contribution in [0.1, 0.15) is 37.3 Å². The first kappa shape index (κ1) is 26.0. The summed E-state index contributed by atoms with van der Waals surface area (Å²) in [6.45, 7) is 3.46. The lowest BCUT2D eigenvalue weighted by molar-refractivity contribution is 0.150. The van der Waals surface area contributed by atoms with Gasteiger partial charge in [-0.3, -0.25) is 4.68 Å². The Labute approximate surface area is 232 Å². The summed E-state index contributed by atoms with van der Waals surface area (Å²) in [5.41, 5.74) is 3.05. The maximum atomic E-state index is 12.5. The molecular formula is C27H29N9O3S. The number of aryl methyl sites for hydroxylation is 1. The molecule has 6 rings (SSSR count). The molecule has 1 unspecified atom stereocenters. The first-order valence-electron chi connectivity index (χ1n) is 13.1. The molecule has 12 nitrogen and oxygen atoms in total. The molecule has 1 aliphatic heterocycles. The number of pyridine rings is 1. The summed E-state index contributed by atoms with van der Waals surface area (Å²) >= 11 is 0. The van der Waals surface area contributed by atoms with Gasteiger partial charge in [-0.15, -0.1) is 0 Å². The molecule has 1 saturated heterocycles. The summed E-state index contributed by atoms with van der Waals surface area (Å²) in [7, 11) is -1.62. The quantitative estimate of drug-likeness (QED) is 0.308. The third-order valence-corrected chi connectivity index (χ3v) is 8.87. The fourth-order valence-electron chi connectivity index (χ4n) is 4.67. The van der Waals surface area contributed by atoms with Crippen LogP contribution in [0.3, 0.4) is 0 Å². The van der Waals surface area contributed by atoms with E-state index in [1.54, 1.807) is 29.3 Å². The van der Waals surface area contributed by atoms with Gasteiger partial charge in [-0.25, -0.2) is 23.4 Å². The highest BCUT2D eigenvalue weighted by Gasteiger charge is 2.37. The van der Waals surface area contributed by atoms with Gasteiger partial charge in [-0.2, -0.15) is 14.3 Å². The molecule has 206 valence electrons. The second kappa shape index (κ2) is 10.4. The van der Waals surface area contributed by atoms with Crippen LogP contribution in [0.5, 0.6) is 0 Å². The Balaban J connectivity index is 1.24. The van der Waals surface area contributed by atoms with Gasteiger partial charge in [0.05, 0.1) is 52.3 Å². The van der Waals surface area contributed by atoms with E-state index in [2.05, 4.69) is 47.2 Å². The van der Waals surface area contributed by atoms with Crippen LogP contribution >= 0.6 is 0 Å². The number of hydrogen-bond donors (Lipinski definition) is 2. The maximum Gasteiger partial charge on any atom is 0.256 e. The minimum absolute atomic E-state index is 0.334. The molecule has 2 aliphatic rings. The van der Waals surface area contributed by atoms with Crippen LogP contribution in [0.15, 0.2) is 49.3 Å². The second-order valence-corrected chi connectivity index (χ2v) is 12.4. The lowest BCUT2D eigenvalue weighted by Gasteiger charge is -2.42. The van der Waals surface area contributed by atoms with Crippen LogP contribution in [0.25, 0.3) is 11.4 Å². The van der Waals surface area contributed by atoms with Crippen LogP contribution in [-0.4, -0.2) is 71.9 Å². The molecule has 4 aromatic heterocycles. The zero-order valence-corrected chi connectivity index (χ0v) is 23.0. The molecule has 0 radical (unpaired) electrons. The van der Waals surface area contributed by atoms with E-state index < -0.39 is 10.0 Å². The van der Waals surface area contributed by atoms with Crippen molar-refractivity contribution in [1.29, 1.82) is 0 Å². The highest BCUT2D eigenvalue weighted by molar-refractivity contribution is 7.90. The number of aliphatic hydroxyl groups is 1. The molecule has 40 heavy (non-hydrogen) atoms. The molecular weight excluding hydrogens is 530 g/mol. The van der Waals surface area contributed by atoms with Crippen LogP contribution in [0, 0.1) is 17.8 Å². The number of rotatable bonds is 8. The number of nitrogens with one attached hydrogen (secondary N) is 1. The molecule has 1 saturated carbocycles. The summed E-state index contributed by atoms with van der Waals surface area (Å²) in [5.74, 6) is 8.24. The van der Waals surface area contributed by atoms with Crippen molar-refractivity contribution in [2.24, 2.45) is 13.0 Å². The van der Waals surface area contributed by atoms with Crippen molar-refractivity contribution in [3.8, 4) is 23.2 Å². The van der Waals surface area contributed by atoms with Crippen LogP contribution in [-0.2, 0) is 17.1 Å². The molecule has 2 fully saturated rings. The Morgan fingerprint density at radius 1 is 1.10 bits per heavy atom. The summed E-state index contributed by atoms with van der Waals surface area (Å²) in [4.78, 5) is 15.7. The Bertz CT molecular complexity index is 1710. The first-order valence-corrected chi connectivity index (χ1v) is 14.6. The van der Waals surface area contributed by atoms with Crippen molar-refractivity contribution in [2.75, 3.05) is 23.3 Å². The number of hydrogen-bond acceptors (Lipinski definition) is 10.